The van der Waals surface area contributed by atoms with Crippen LogP contribution >= 0.6 is 69.1 Å². The minimum absolute atomic E-state index is 0.00925. The van der Waals surface area contributed by atoms with Crippen LogP contribution in [0.1, 0.15) is 54.7 Å². The van der Waals surface area contributed by atoms with Crippen molar-refractivity contribution in [3.8, 4) is 6.07 Å². The van der Waals surface area contributed by atoms with E-state index in [1.165, 1.54) is 18.3 Å². The summed E-state index contributed by atoms with van der Waals surface area (Å²) in [5.74, 6) is -4.48. The monoisotopic (exact) mass is 621 g/mol. The van der Waals surface area contributed by atoms with Crippen LogP contribution in [0.4, 0.5) is 13.2 Å². The fraction of sp³-hybridized carbons (Fsp3) is 0.455. The molecular formula is C22H22Cl4F3NO2S2Si. The summed E-state index contributed by atoms with van der Waals surface area (Å²) in [7, 11) is -2.09. The summed E-state index contributed by atoms with van der Waals surface area (Å²) in [6.07, 6.45) is -0.426. The third-order valence-corrected chi connectivity index (χ3v) is 13.5. The van der Waals surface area contributed by atoms with Gasteiger partial charge in [0.2, 0.25) is 5.78 Å². The zero-order chi connectivity index (χ0) is 27.1. The number of carbonyl (C=O) groups is 1. The van der Waals surface area contributed by atoms with Crippen LogP contribution < -0.4 is 0 Å². The van der Waals surface area contributed by atoms with E-state index in [9.17, 15) is 18.0 Å². The number of rotatable bonds is 2. The SMILES string of the molecule is CC#N.CC(C)(C)[Si](C)(C)OC1=C(F)Cc2c(Cl)sc(Cl)c21.O=C1c2c(Cl)sc(Cl)c2CC1(F)F. The molecule has 0 spiro atoms. The standard InChI is InChI=1S/C13H17Cl2FOSSi.C7H2Cl2F2OS.C2H3N/c1-13(2,3)19(4,5)17-10-8(16)6-7-9(10)12(15)18-11(7)14;8-5-2-1-7(10,11)4(12)3(2)6(9)13-5;1-2-3/h6H2,1-5H3;1H2;1H3. The fourth-order valence-electron chi connectivity index (χ4n) is 2.96. The van der Waals surface area contributed by atoms with Crippen molar-refractivity contribution in [2.24, 2.45) is 0 Å². The highest BCUT2D eigenvalue weighted by atomic mass is 35.5. The Balaban J connectivity index is 0.000000234. The summed E-state index contributed by atoms with van der Waals surface area (Å²) >= 11 is 25.7. The molecule has 0 N–H and O–H groups in total. The third-order valence-electron chi connectivity index (χ3n) is 5.76. The molecule has 2 aromatic rings. The molecule has 0 saturated heterocycles. The van der Waals surface area contributed by atoms with Gasteiger partial charge in [-0.3, -0.25) is 4.79 Å². The van der Waals surface area contributed by atoms with Crippen LogP contribution in [0.25, 0.3) is 5.76 Å². The van der Waals surface area contributed by atoms with E-state index < -0.39 is 26.4 Å². The lowest BCUT2D eigenvalue weighted by molar-refractivity contribution is 0.0168. The molecule has 2 aliphatic carbocycles. The van der Waals surface area contributed by atoms with Crippen LogP contribution in [0.5, 0.6) is 0 Å². The Bertz CT molecular complexity index is 1230. The summed E-state index contributed by atoms with van der Waals surface area (Å²) < 4.78 is 47.3. The number of carbonyl (C=O) groups excluding carboxylic acids is 1. The molecule has 2 aliphatic rings. The second kappa shape index (κ2) is 10.9. The maximum Gasteiger partial charge on any atom is 0.313 e. The Morgan fingerprint density at radius 2 is 1.46 bits per heavy atom. The lowest BCUT2D eigenvalue weighted by Gasteiger charge is -2.36. The lowest BCUT2D eigenvalue weighted by Crippen LogP contribution is -2.40. The number of thiophene rings is 2. The third kappa shape index (κ3) is 6.23. The predicted octanol–water partition coefficient (Wildman–Crippen LogP) is 10.2. The van der Waals surface area contributed by atoms with Crippen molar-refractivity contribution in [2.75, 3.05) is 0 Å². The topological polar surface area (TPSA) is 50.1 Å². The van der Waals surface area contributed by atoms with Gasteiger partial charge in [0, 0.05) is 30.9 Å². The highest BCUT2D eigenvalue weighted by Gasteiger charge is 2.50. The lowest BCUT2D eigenvalue weighted by atomic mass is 10.2. The molecule has 2 aromatic heterocycles. The molecule has 3 nitrogen and oxygen atoms in total. The van der Waals surface area contributed by atoms with Crippen LogP contribution in [0.15, 0.2) is 5.83 Å². The van der Waals surface area contributed by atoms with E-state index in [2.05, 4.69) is 33.9 Å². The Morgan fingerprint density at radius 3 is 1.91 bits per heavy atom. The molecule has 4 rings (SSSR count). The van der Waals surface area contributed by atoms with E-state index in [1.807, 2.05) is 0 Å². The number of nitriles is 1. The quantitative estimate of drug-likeness (QED) is 0.313. The van der Waals surface area contributed by atoms with Crippen LogP contribution in [0.3, 0.4) is 0 Å². The molecule has 35 heavy (non-hydrogen) atoms. The van der Waals surface area contributed by atoms with Gasteiger partial charge in [0.25, 0.3) is 8.32 Å². The second-order valence-electron chi connectivity index (χ2n) is 9.21. The van der Waals surface area contributed by atoms with Gasteiger partial charge < -0.3 is 4.43 Å². The van der Waals surface area contributed by atoms with Gasteiger partial charge in [-0.25, -0.2) is 4.39 Å². The molecule has 0 bridgehead atoms. The minimum Gasteiger partial charge on any atom is -0.541 e. The van der Waals surface area contributed by atoms with Gasteiger partial charge >= 0.3 is 5.92 Å². The highest BCUT2D eigenvalue weighted by molar-refractivity contribution is 7.21. The van der Waals surface area contributed by atoms with E-state index in [1.54, 1.807) is 6.07 Å². The van der Waals surface area contributed by atoms with Crippen molar-refractivity contribution in [1.82, 2.24) is 0 Å². The number of allylic oxidation sites excluding steroid dienone is 1. The maximum atomic E-state index is 14.2. The second-order valence-corrected chi connectivity index (χ2v) is 18.4. The molecule has 192 valence electrons. The average Bonchev–Trinajstić information content (AvgIpc) is 3.33. The first kappa shape index (κ1) is 30.5. The van der Waals surface area contributed by atoms with Gasteiger partial charge in [-0.2, -0.15) is 14.0 Å². The molecule has 2 heterocycles. The van der Waals surface area contributed by atoms with Crippen LogP contribution in [-0.4, -0.2) is 20.0 Å². The largest absolute Gasteiger partial charge is 0.541 e. The van der Waals surface area contributed by atoms with Crippen molar-refractivity contribution >= 4 is 88.9 Å². The summed E-state index contributed by atoms with van der Waals surface area (Å²) in [5.41, 5.74) is 1.52. The van der Waals surface area contributed by atoms with E-state index in [0.29, 0.717) is 20.0 Å². The number of Topliss-reactive ketones (excluding diaryl/α,β-unsaturated/α-hetero) is 1. The van der Waals surface area contributed by atoms with E-state index in [0.717, 1.165) is 16.9 Å². The molecule has 0 aliphatic heterocycles. The Morgan fingerprint density at radius 1 is 1.00 bits per heavy atom. The minimum atomic E-state index is -3.33. The van der Waals surface area contributed by atoms with Crippen LogP contribution in [-0.2, 0) is 17.3 Å². The summed E-state index contributed by atoms with van der Waals surface area (Å²) in [6, 6.07) is 1.75. The van der Waals surface area contributed by atoms with Crippen molar-refractivity contribution in [2.45, 2.75) is 64.6 Å². The number of hydrogen-bond donors (Lipinski definition) is 0. The first-order valence-corrected chi connectivity index (χ1v) is 16.2. The summed E-state index contributed by atoms with van der Waals surface area (Å²) in [4.78, 5) is 11.1. The zero-order valence-corrected chi connectivity index (χ0v) is 25.3. The Kier molecular flexibility index (Phi) is 9.53. The molecule has 0 atom stereocenters. The summed E-state index contributed by atoms with van der Waals surface area (Å²) in [5, 5.41) is 7.33. The number of hydrogen-bond acceptors (Lipinski definition) is 5. The average molecular weight is 623 g/mol. The number of fused-ring (bicyclic) bond motifs is 2. The predicted molar refractivity (Wildman–Crippen MR) is 143 cm³/mol. The number of ketones is 1. The molecule has 0 amide bonds. The molecule has 0 radical (unpaired) electrons. The van der Waals surface area contributed by atoms with Gasteiger partial charge in [-0.1, -0.05) is 67.2 Å². The number of alkyl halides is 2. The fourth-order valence-corrected chi connectivity index (χ4v) is 7.42. The van der Waals surface area contributed by atoms with Crippen molar-refractivity contribution < 1.29 is 22.4 Å². The van der Waals surface area contributed by atoms with Gasteiger partial charge in [-0.05, 0) is 18.1 Å². The molecule has 0 fully saturated rings. The van der Waals surface area contributed by atoms with Gasteiger partial charge in [-0.15, -0.1) is 22.7 Å². The molecule has 0 unspecified atom stereocenters. The van der Waals surface area contributed by atoms with E-state index in [-0.39, 0.29) is 37.1 Å². The molecule has 0 aromatic carbocycles. The Hall–Kier alpha value is -0.733. The van der Waals surface area contributed by atoms with Gasteiger partial charge in [0.05, 0.1) is 25.9 Å². The van der Waals surface area contributed by atoms with E-state index in [4.69, 9.17) is 56.1 Å². The summed E-state index contributed by atoms with van der Waals surface area (Å²) in [6.45, 7) is 12.0. The van der Waals surface area contributed by atoms with Crippen molar-refractivity contribution in [3.05, 3.63) is 45.4 Å². The maximum absolute atomic E-state index is 14.2. The van der Waals surface area contributed by atoms with Crippen molar-refractivity contribution in [1.29, 1.82) is 5.26 Å². The van der Waals surface area contributed by atoms with Crippen LogP contribution in [0.2, 0.25) is 35.5 Å². The molecule has 13 heteroatoms. The highest BCUT2D eigenvalue weighted by Crippen LogP contribution is 2.50. The zero-order valence-electron chi connectivity index (χ0n) is 19.6. The van der Waals surface area contributed by atoms with Crippen LogP contribution in [0, 0.1) is 11.3 Å². The van der Waals surface area contributed by atoms with E-state index >= 15 is 0 Å². The normalized spacial score (nSPS) is 16.1. The van der Waals surface area contributed by atoms with Crippen molar-refractivity contribution in [3.63, 3.8) is 0 Å². The molecule has 0 saturated carbocycles. The number of halogens is 7. The first-order chi connectivity index (χ1) is 15.9. The molecular weight excluding hydrogens is 601 g/mol. The first-order valence-electron chi connectivity index (χ1n) is 10.1. The Labute approximate surface area is 231 Å². The van der Waals surface area contributed by atoms with Gasteiger partial charge in [0.1, 0.15) is 20.3 Å². The number of nitrogens with zero attached hydrogens (tertiary/aromatic N) is 1. The smallest absolute Gasteiger partial charge is 0.313 e. The van der Waals surface area contributed by atoms with Gasteiger partial charge in [0.15, 0.2) is 0 Å².